The summed E-state index contributed by atoms with van der Waals surface area (Å²) in [7, 11) is 0. The van der Waals surface area contributed by atoms with Crippen molar-refractivity contribution >= 4 is 52.1 Å². The number of nitrogens with zero attached hydrogens (tertiary/aromatic N) is 2. The molecule has 4 rings (SSSR count). The zero-order valence-electron chi connectivity index (χ0n) is 17.5. The Hall–Kier alpha value is -1.75. The van der Waals surface area contributed by atoms with Crippen molar-refractivity contribution in [2.75, 3.05) is 5.01 Å². The van der Waals surface area contributed by atoms with Crippen LogP contribution in [0.5, 0.6) is 0 Å². The quantitative estimate of drug-likeness (QED) is 0.479. The van der Waals surface area contributed by atoms with Gasteiger partial charge in [0.2, 0.25) is 0 Å². The van der Waals surface area contributed by atoms with E-state index >= 15 is 0 Å². The molecule has 1 fully saturated rings. The molecule has 0 bridgehead atoms. The van der Waals surface area contributed by atoms with Gasteiger partial charge in [0.05, 0.1) is 16.8 Å². The minimum atomic E-state index is -0.175. The first kappa shape index (κ1) is 22.4. The fourth-order valence-electron chi connectivity index (χ4n) is 4.53. The highest BCUT2D eigenvalue weighted by molar-refractivity contribution is 6.41. The molecule has 1 heterocycles. The maximum atomic E-state index is 13.2. The number of rotatable bonds is 4. The molecule has 2 aliphatic rings. The van der Waals surface area contributed by atoms with Crippen LogP contribution in [0, 0.1) is 5.92 Å². The number of carbonyl (C=O) groups is 1. The molecule has 1 N–H and O–H groups in total. The van der Waals surface area contributed by atoms with Gasteiger partial charge in [-0.2, -0.15) is 5.10 Å². The average Bonchev–Trinajstić information content (AvgIpc) is 2.89. The summed E-state index contributed by atoms with van der Waals surface area (Å²) in [4.78, 5) is 13.2. The molecule has 0 radical (unpaired) electrons. The van der Waals surface area contributed by atoms with Crippen molar-refractivity contribution in [3.05, 3.63) is 63.1 Å². The summed E-state index contributed by atoms with van der Waals surface area (Å²) >= 11 is 18.7. The molecule has 1 amide bonds. The molecular formula is C24H26Cl3N3O. The Morgan fingerprint density at radius 3 is 2.26 bits per heavy atom. The first-order valence-electron chi connectivity index (χ1n) is 10.8. The molecule has 0 aromatic heterocycles. The summed E-state index contributed by atoms with van der Waals surface area (Å²) in [5.41, 5.74) is 2.26. The third-order valence-electron chi connectivity index (χ3n) is 6.17. The van der Waals surface area contributed by atoms with Crippen molar-refractivity contribution in [2.24, 2.45) is 11.0 Å². The van der Waals surface area contributed by atoms with Crippen LogP contribution in [0.1, 0.15) is 57.1 Å². The highest BCUT2D eigenvalue weighted by Crippen LogP contribution is 2.42. The van der Waals surface area contributed by atoms with Crippen LogP contribution in [0.2, 0.25) is 15.1 Å². The highest BCUT2D eigenvalue weighted by atomic mass is 35.5. The Morgan fingerprint density at radius 2 is 1.61 bits per heavy atom. The fourth-order valence-corrected chi connectivity index (χ4v) is 5.15. The molecule has 2 atom stereocenters. The lowest BCUT2D eigenvalue weighted by atomic mass is 9.90. The lowest BCUT2D eigenvalue weighted by molar-refractivity contribution is -0.115. The second-order valence-corrected chi connectivity index (χ2v) is 9.65. The summed E-state index contributed by atoms with van der Waals surface area (Å²) in [6, 6.07) is 13.0. The van der Waals surface area contributed by atoms with Crippen LogP contribution in [-0.4, -0.2) is 17.7 Å². The van der Waals surface area contributed by atoms with Gasteiger partial charge in [-0.15, -0.1) is 0 Å². The number of hydrogen-bond donors (Lipinski definition) is 1. The standard InChI is InChI=1S/C24H26Cl3N3O/c1-15-22(24(31)28-19-6-4-2-3-5-7-19)29-30(21-13-12-18(26)14-20(21)27)23(15)16-8-10-17(25)11-9-16/h8-15,19,23H,2-7H2,1H3,(H,28,31)/t15-,23-/m0/s1. The Kier molecular flexibility index (Phi) is 7.10. The van der Waals surface area contributed by atoms with Gasteiger partial charge >= 0.3 is 0 Å². The number of carbonyl (C=O) groups excluding carboxylic acids is 1. The van der Waals surface area contributed by atoms with E-state index < -0.39 is 0 Å². The minimum Gasteiger partial charge on any atom is -0.348 e. The third kappa shape index (κ3) is 5.02. The van der Waals surface area contributed by atoms with Crippen molar-refractivity contribution in [1.29, 1.82) is 0 Å². The van der Waals surface area contributed by atoms with E-state index in [2.05, 4.69) is 5.32 Å². The molecule has 0 spiro atoms. The molecule has 2 aromatic carbocycles. The molecule has 31 heavy (non-hydrogen) atoms. The van der Waals surface area contributed by atoms with Crippen molar-refractivity contribution in [2.45, 2.75) is 57.5 Å². The van der Waals surface area contributed by atoms with Gasteiger partial charge in [0.25, 0.3) is 5.91 Å². The zero-order chi connectivity index (χ0) is 22.0. The smallest absolute Gasteiger partial charge is 0.268 e. The van der Waals surface area contributed by atoms with E-state index in [0.29, 0.717) is 20.8 Å². The Balaban J connectivity index is 1.66. The predicted octanol–water partition coefficient (Wildman–Crippen LogP) is 7.04. The maximum Gasteiger partial charge on any atom is 0.268 e. The van der Waals surface area contributed by atoms with E-state index in [1.54, 1.807) is 12.1 Å². The molecule has 2 aromatic rings. The second-order valence-electron chi connectivity index (χ2n) is 8.37. The molecule has 0 unspecified atom stereocenters. The van der Waals surface area contributed by atoms with Gasteiger partial charge in [0.1, 0.15) is 5.71 Å². The summed E-state index contributed by atoms with van der Waals surface area (Å²) in [6.07, 6.45) is 6.86. The Morgan fingerprint density at radius 1 is 0.968 bits per heavy atom. The lowest BCUT2D eigenvalue weighted by Crippen LogP contribution is -2.40. The predicted molar refractivity (Wildman–Crippen MR) is 129 cm³/mol. The van der Waals surface area contributed by atoms with Crippen LogP contribution in [0.15, 0.2) is 47.6 Å². The fraction of sp³-hybridized carbons (Fsp3) is 0.417. The van der Waals surface area contributed by atoms with Crippen LogP contribution >= 0.6 is 34.8 Å². The van der Waals surface area contributed by atoms with Gasteiger partial charge in [-0.25, -0.2) is 0 Å². The van der Waals surface area contributed by atoms with Crippen molar-refractivity contribution in [3.8, 4) is 0 Å². The SMILES string of the molecule is C[C@H]1C(C(=O)NC2CCCCCC2)=NN(c2ccc(Cl)cc2Cl)[C@@H]1c1ccc(Cl)cc1. The second kappa shape index (κ2) is 9.81. The van der Waals surface area contributed by atoms with Crippen molar-refractivity contribution in [3.63, 3.8) is 0 Å². The van der Waals surface area contributed by atoms with Crippen LogP contribution < -0.4 is 10.3 Å². The van der Waals surface area contributed by atoms with E-state index in [1.807, 2.05) is 42.3 Å². The molecule has 1 aliphatic carbocycles. The number of benzene rings is 2. The third-order valence-corrected chi connectivity index (χ3v) is 6.96. The van der Waals surface area contributed by atoms with Gasteiger partial charge in [-0.3, -0.25) is 9.80 Å². The summed E-state index contributed by atoms with van der Waals surface area (Å²) in [5, 5.41) is 11.6. The van der Waals surface area contributed by atoms with Crippen LogP contribution in [-0.2, 0) is 4.79 Å². The van der Waals surface area contributed by atoms with Gasteiger partial charge in [-0.05, 0) is 48.7 Å². The zero-order valence-corrected chi connectivity index (χ0v) is 19.7. The normalized spacial score (nSPS) is 22.2. The van der Waals surface area contributed by atoms with Crippen LogP contribution in [0.25, 0.3) is 0 Å². The van der Waals surface area contributed by atoms with Crippen LogP contribution in [0.3, 0.4) is 0 Å². The number of hydrazone groups is 1. The van der Waals surface area contributed by atoms with Gasteiger partial charge in [-0.1, -0.05) is 79.5 Å². The first-order valence-corrected chi connectivity index (χ1v) is 12.0. The highest BCUT2D eigenvalue weighted by Gasteiger charge is 2.40. The number of nitrogens with one attached hydrogen (secondary N) is 1. The van der Waals surface area contributed by atoms with E-state index in [9.17, 15) is 4.79 Å². The molecule has 0 saturated heterocycles. The van der Waals surface area contributed by atoms with Crippen LogP contribution in [0.4, 0.5) is 5.69 Å². The molecule has 1 aliphatic heterocycles. The number of anilines is 1. The van der Waals surface area contributed by atoms with E-state index in [0.717, 1.165) is 36.9 Å². The number of halogens is 3. The molecule has 7 heteroatoms. The lowest BCUT2D eigenvalue weighted by Gasteiger charge is -2.27. The van der Waals surface area contributed by atoms with Gasteiger partial charge < -0.3 is 5.32 Å². The van der Waals surface area contributed by atoms with E-state index in [-0.39, 0.29) is 23.9 Å². The van der Waals surface area contributed by atoms with Gasteiger partial charge in [0, 0.05) is 22.0 Å². The monoisotopic (exact) mass is 477 g/mol. The Bertz CT molecular complexity index is 969. The summed E-state index contributed by atoms with van der Waals surface area (Å²) < 4.78 is 0. The van der Waals surface area contributed by atoms with E-state index in [4.69, 9.17) is 39.9 Å². The largest absolute Gasteiger partial charge is 0.348 e. The summed E-state index contributed by atoms with van der Waals surface area (Å²) in [5.74, 6) is -0.218. The molecular weight excluding hydrogens is 453 g/mol. The molecule has 1 saturated carbocycles. The Labute approximate surface area is 198 Å². The summed E-state index contributed by atoms with van der Waals surface area (Å²) in [6.45, 7) is 2.04. The van der Waals surface area contributed by atoms with Crippen molar-refractivity contribution < 1.29 is 4.79 Å². The maximum absolute atomic E-state index is 13.2. The molecule has 4 nitrogen and oxygen atoms in total. The van der Waals surface area contributed by atoms with E-state index in [1.165, 1.54) is 12.8 Å². The first-order chi connectivity index (χ1) is 14.9. The number of hydrogen-bond acceptors (Lipinski definition) is 3. The number of amides is 1. The topological polar surface area (TPSA) is 44.7 Å². The average molecular weight is 479 g/mol. The minimum absolute atomic E-state index is 0.0917. The van der Waals surface area contributed by atoms with Gasteiger partial charge in [0.15, 0.2) is 0 Å². The molecule has 164 valence electrons. The van der Waals surface area contributed by atoms with Crippen molar-refractivity contribution in [1.82, 2.24) is 5.32 Å².